The number of fused-ring (bicyclic) bond motifs is 1. The standard InChI is InChI=1S/C16H10Cl2O2/c17-11-6-7-14-12(8-11)15(18)13(9-19)16(20-14)10-4-2-1-3-5-10/h1-9,16H. The maximum Gasteiger partial charge on any atom is 0.153 e. The summed E-state index contributed by atoms with van der Waals surface area (Å²) in [5, 5.41) is 0.937. The zero-order chi connectivity index (χ0) is 14.1. The lowest BCUT2D eigenvalue weighted by atomic mass is 9.97. The summed E-state index contributed by atoms with van der Waals surface area (Å²) in [6.07, 6.45) is 0.249. The summed E-state index contributed by atoms with van der Waals surface area (Å²) in [6, 6.07) is 14.7. The first-order chi connectivity index (χ1) is 9.70. The van der Waals surface area contributed by atoms with Crippen molar-refractivity contribution < 1.29 is 9.53 Å². The molecule has 100 valence electrons. The highest BCUT2D eigenvalue weighted by molar-refractivity contribution is 6.51. The predicted octanol–water partition coefficient (Wildman–Crippen LogP) is 4.62. The molecule has 0 saturated heterocycles. The van der Waals surface area contributed by atoms with Gasteiger partial charge in [0, 0.05) is 10.6 Å². The van der Waals surface area contributed by atoms with Crippen LogP contribution in [-0.4, -0.2) is 6.29 Å². The van der Waals surface area contributed by atoms with Gasteiger partial charge in [-0.1, -0.05) is 53.5 Å². The van der Waals surface area contributed by atoms with Crippen LogP contribution in [-0.2, 0) is 4.79 Å². The molecular weight excluding hydrogens is 295 g/mol. The molecule has 0 N–H and O–H groups in total. The number of aldehydes is 1. The molecule has 4 heteroatoms. The first-order valence-electron chi connectivity index (χ1n) is 6.07. The fourth-order valence-electron chi connectivity index (χ4n) is 2.23. The number of hydrogen-bond acceptors (Lipinski definition) is 2. The lowest BCUT2D eigenvalue weighted by molar-refractivity contribution is -0.105. The van der Waals surface area contributed by atoms with Gasteiger partial charge in [-0.2, -0.15) is 0 Å². The van der Waals surface area contributed by atoms with E-state index in [2.05, 4.69) is 0 Å². The fourth-order valence-corrected chi connectivity index (χ4v) is 2.69. The van der Waals surface area contributed by atoms with E-state index >= 15 is 0 Å². The molecule has 1 atom stereocenters. The van der Waals surface area contributed by atoms with Crippen LogP contribution >= 0.6 is 23.2 Å². The molecule has 0 aliphatic carbocycles. The Kier molecular flexibility index (Phi) is 3.51. The third-order valence-electron chi connectivity index (χ3n) is 3.19. The second-order valence-electron chi connectivity index (χ2n) is 4.44. The maximum absolute atomic E-state index is 11.4. The van der Waals surface area contributed by atoms with E-state index in [1.54, 1.807) is 18.2 Å². The van der Waals surface area contributed by atoms with Gasteiger partial charge in [-0.3, -0.25) is 4.79 Å². The molecule has 1 unspecified atom stereocenters. The van der Waals surface area contributed by atoms with Crippen molar-refractivity contribution in [3.63, 3.8) is 0 Å². The number of benzene rings is 2. The minimum Gasteiger partial charge on any atom is -0.480 e. The van der Waals surface area contributed by atoms with E-state index in [4.69, 9.17) is 27.9 Å². The highest BCUT2D eigenvalue weighted by Gasteiger charge is 2.29. The minimum atomic E-state index is -0.491. The largest absolute Gasteiger partial charge is 0.480 e. The number of rotatable bonds is 2. The van der Waals surface area contributed by atoms with E-state index in [-0.39, 0.29) is 0 Å². The summed E-state index contributed by atoms with van der Waals surface area (Å²) in [7, 11) is 0. The molecule has 0 amide bonds. The van der Waals surface area contributed by atoms with Crippen molar-refractivity contribution in [3.05, 3.63) is 70.3 Å². The highest BCUT2D eigenvalue weighted by Crippen LogP contribution is 2.43. The number of halogens is 2. The Hall–Kier alpha value is -1.77. The van der Waals surface area contributed by atoms with Gasteiger partial charge < -0.3 is 4.74 Å². The topological polar surface area (TPSA) is 26.3 Å². The normalized spacial score (nSPS) is 17.4. The first-order valence-corrected chi connectivity index (χ1v) is 6.82. The zero-order valence-electron chi connectivity index (χ0n) is 10.3. The molecular formula is C16H10Cl2O2. The van der Waals surface area contributed by atoms with Crippen LogP contribution < -0.4 is 4.74 Å². The number of hydrogen-bond donors (Lipinski definition) is 0. The van der Waals surface area contributed by atoms with E-state index in [0.717, 1.165) is 11.8 Å². The second-order valence-corrected chi connectivity index (χ2v) is 5.25. The minimum absolute atomic E-state index is 0.387. The van der Waals surface area contributed by atoms with Crippen molar-refractivity contribution in [1.29, 1.82) is 0 Å². The van der Waals surface area contributed by atoms with Gasteiger partial charge in [0.1, 0.15) is 5.75 Å². The van der Waals surface area contributed by atoms with Gasteiger partial charge in [0.25, 0.3) is 0 Å². The van der Waals surface area contributed by atoms with Crippen molar-refractivity contribution in [2.45, 2.75) is 6.10 Å². The van der Waals surface area contributed by atoms with E-state index in [1.165, 1.54) is 0 Å². The lowest BCUT2D eigenvalue weighted by Gasteiger charge is -2.27. The summed E-state index contributed by atoms with van der Waals surface area (Å²) >= 11 is 12.3. The molecule has 3 rings (SSSR count). The maximum atomic E-state index is 11.4. The quantitative estimate of drug-likeness (QED) is 0.757. The van der Waals surface area contributed by atoms with Crippen LogP contribution in [0.2, 0.25) is 5.02 Å². The second kappa shape index (κ2) is 5.31. The van der Waals surface area contributed by atoms with Crippen LogP contribution in [0, 0.1) is 0 Å². The average Bonchev–Trinajstić information content (AvgIpc) is 2.48. The van der Waals surface area contributed by atoms with Crippen molar-refractivity contribution in [2.24, 2.45) is 0 Å². The molecule has 20 heavy (non-hydrogen) atoms. The van der Waals surface area contributed by atoms with Crippen LogP contribution in [0.25, 0.3) is 5.03 Å². The Bertz CT molecular complexity index is 693. The first kappa shape index (κ1) is 13.2. The number of ether oxygens (including phenoxy) is 1. The van der Waals surface area contributed by atoms with Gasteiger partial charge in [0.15, 0.2) is 12.4 Å². The van der Waals surface area contributed by atoms with Crippen LogP contribution in [0.15, 0.2) is 54.1 Å². The molecule has 2 nitrogen and oxygen atoms in total. The smallest absolute Gasteiger partial charge is 0.153 e. The van der Waals surface area contributed by atoms with Gasteiger partial charge >= 0.3 is 0 Å². The summed E-state index contributed by atoms with van der Waals surface area (Å²) < 4.78 is 5.91. The van der Waals surface area contributed by atoms with E-state index in [9.17, 15) is 4.79 Å². The third kappa shape index (κ3) is 2.21. The van der Waals surface area contributed by atoms with Crippen LogP contribution in [0.4, 0.5) is 0 Å². The molecule has 0 saturated carbocycles. The number of carbonyl (C=O) groups is 1. The Morgan fingerprint density at radius 3 is 2.50 bits per heavy atom. The Labute approximate surface area is 126 Å². The molecule has 0 fully saturated rings. The molecule has 0 radical (unpaired) electrons. The van der Waals surface area contributed by atoms with E-state index < -0.39 is 6.10 Å². The average molecular weight is 305 g/mol. The Morgan fingerprint density at radius 1 is 1.05 bits per heavy atom. The van der Waals surface area contributed by atoms with Gasteiger partial charge in [0.05, 0.1) is 10.6 Å². The third-order valence-corrected chi connectivity index (χ3v) is 3.85. The van der Waals surface area contributed by atoms with Crippen molar-refractivity contribution in [3.8, 4) is 5.75 Å². The van der Waals surface area contributed by atoms with Crippen LogP contribution in [0.5, 0.6) is 5.75 Å². The highest BCUT2D eigenvalue weighted by atomic mass is 35.5. The van der Waals surface area contributed by atoms with Gasteiger partial charge in [-0.25, -0.2) is 0 Å². The SMILES string of the molecule is O=CC1=C(Cl)c2cc(Cl)ccc2OC1c1ccccc1. The fraction of sp³-hybridized carbons (Fsp3) is 0.0625. The molecule has 0 spiro atoms. The molecule has 1 aliphatic rings. The van der Waals surface area contributed by atoms with E-state index in [0.29, 0.717) is 26.9 Å². The van der Waals surface area contributed by atoms with E-state index in [1.807, 2.05) is 30.3 Å². The summed E-state index contributed by atoms with van der Waals surface area (Å²) in [5.74, 6) is 0.624. The zero-order valence-corrected chi connectivity index (χ0v) is 11.9. The molecule has 0 bridgehead atoms. The molecule has 0 aromatic heterocycles. The molecule has 2 aromatic carbocycles. The summed E-state index contributed by atoms with van der Waals surface area (Å²) in [5.41, 5.74) is 1.94. The summed E-state index contributed by atoms with van der Waals surface area (Å²) in [4.78, 5) is 11.4. The Balaban J connectivity index is 2.15. The lowest BCUT2D eigenvalue weighted by Crippen LogP contribution is -2.17. The monoisotopic (exact) mass is 304 g/mol. The Morgan fingerprint density at radius 2 is 1.80 bits per heavy atom. The predicted molar refractivity (Wildman–Crippen MR) is 80.1 cm³/mol. The van der Waals surface area contributed by atoms with Crippen LogP contribution in [0.3, 0.4) is 0 Å². The van der Waals surface area contributed by atoms with Crippen molar-refractivity contribution in [2.75, 3.05) is 0 Å². The molecule has 1 heterocycles. The van der Waals surface area contributed by atoms with Gasteiger partial charge in [-0.05, 0) is 23.8 Å². The molecule has 2 aromatic rings. The van der Waals surface area contributed by atoms with Gasteiger partial charge in [0.2, 0.25) is 0 Å². The molecule has 1 aliphatic heterocycles. The van der Waals surface area contributed by atoms with Crippen molar-refractivity contribution in [1.82, 2.24) is 0 Å². The summed E-state index contributed by atoms with van der Waals surface area (Å²) in [6.45, 7) is 0. The van der Waals surface area contributed by atoms with Gasteiger partial charge in [-0.15, -0.1) is 0 Å². The van der Waals surface area contributed by atoms with Crippen molar-refractivity contribution >= 4 is 34.5 Å². The van der Waals surface area contributed by atoms with Crippen LogP contribution in [0.1, 0.15) is 17.2 Å². The number of carbonyl (C=O) groups excluding carboxylic acids is 1.